The van der Waals surface area contributed by atoms with Crippen LogP contribution in [0, 0.1) is 0 Å². The van der Waals surface area contributed by atoms with Gasteiger partial charge in [-0.25, -0.2) is 0 Å². The predicted molar refractivity (Wildman–Crippen MR) is 35.6 cm³/mol. The maximum Gasteiger partial charge on any atom is 0.105 e. The molecule has 0 saturated carbocycles. The number of allylic oxidation sites excluding steroid dienone is 2. The Hall–Kier alpha value is -0.720. The molecule has 0 heterocycles. The highest BCUT2D eigenvalue weighted by Gasteiger charge is 1.67. The predicted octanol–water partition coefficient (Wildman–Crippen LogP) is 2.11. The minimum absolute atomic E-state index is 0.681. The Balaban J connectivity index is 2.93. The topological polar surface area (TPSA) is 9.23 Å². The van der Waals surface area contributed by atoms with Crippen LogP contribution in [0.4, 0.5) is 0 Å². The molecule has 0 aromatic rings. The molecule has 0 radical (unpaired) electrons. The fourth-order valence-electron chi connectivity index (χ4n) is 0.304. The van der Waals surface area contributed by atoms with Gasteiger partial charge in [-0.15, -0.1) is 0 Å². The molecule has 8 heavy (non-hydrogen) atoms. The lowest BCUT2D eigenvalue weighted by molar-refractivity contribution is 0.289. The van der Waals surface area contributed by atoms with E-state index in [1.807, 2.05) is 32.1 Å². The third-order valence-corrected chi connectivity index (χ3v) is 0.660. The lowest BCUT2D eigenvalue weighted by Gasteiger charge is -1.89. The van der Waals surface area contributed by atoms with Gasteiger partial charge in [0.1, 0.15) is 6.61 Å². The van der Waals surface area contributed by atoms with E-state index in [2.05, 4.69) is 0 Å². The second kappa shape index (κ2) is 6.28. The summed E-state index contributed by atoms with van der Waals surface area (Å²) < 4.78 is 4.96. The van der Waals surface area contributed by atoms with Gasteiger partial charge in [0.15, 0.2) is 0 Å². The normalized spacial score (nSPS) is 11.2. The molecule has 0 atom stereocenters. The van der Waals surface area contributed by atoms with E-state index >= 15 is 0 Å². The van der Waals surface area contributed by atoms with Gasteiger partial charge < -0.3 is 4.74 Å². The van der Waals surface area contributed by atoms with Gasteiger partial charge in [0, 0.05) is 0 Å². The van der Waals surface area contributed by atoms with E-state index < -0.39 is 0 Å². The molecule has 0 aliphatic carbocycles. The Morgan fingerprint density at radius 1 is 1.25 bits per heavy atom. The molecule has 0 spiro atoms. The zero-order valence-corrected chi connectivity index (χ0v) is 5.42. The van der Waals surface area contributed by atoms with Crippen LogP contribution in [0.1, 0.15) is 13.8 Å². The monoisotopic (exact) mass is 112 g/mol. The van der Waals surface area contributed by atoms with Crippen molar-refractivity contribution in [2.75, 3.05) is 6.61 Å². The van der Waals surface area contributed by atoms with Crippen molar-refractivity contribution in [1.82, 2.24) is 0 Å². The van der Waals surface area contributed by atoms with Crippen molar-refractivity contribution in [3.05, 3.63) is 24.5 Å². The van der Waals surface area contributed by atoms with Crippen molar-refractivity contribution >= 4 is 0 Å². The maximum atomic E-state index is 4.96. The third-order valence-electron chi connectivity index (χ3n) is 0.660. The highest BCUT2D eigenvalue weighted by molar-refractivity contribution is 4.77. The van der Waals surface area contributed by atoms with Crippen molar-refractivity contribution in [3.63, 3.8) is 0 Å². The van der Waals surface area contributed by atoms with E-state index in [1.165, 1.54) is 0 Å². The fourth-order valence-corrected chi connectivity index (χ4v) is 0.304. The van der Waals surface area contributed by atoms with Crippen LogP contribution in [-0.2, 0) is 4.74 Å². The van der Waals surface area contributed by atoms with Crippen LogP contribution in [0.3, 0.4) is 0 Å². The van der Waals surface area contributed by atoms with Gasteiger partial charge in [0.25, 0.3) is 0 Å². The summed E-state index contributed by atoms with van der Waals surface area (Å²) in [4.78, 5) is 0. The summed E-state index contributed by atoms with van der Waals surface area (Å²) in [6.45, 7) is 4.58. The molecule has 0 unspecified atom stereocenters. The fraction of sp³-hybridized carbons (Fsp3) is 0.429. The van der Waals surface area contributed by atoms with Crippen LogP contribution >= 0.6 is 0 Å². The number of hydrogen-bond donors (Lipinski definition) is 0. The van der Waals surface area contributed by atoms with Gasteiger partial charge >= 0.3 is 0 Å². The third kappa shape index (κ3) is 5.28. The summed E-state index contributed by atoms with van der Waals surface area (Å²) in [5, 5.41) is 0. The molecule has 0 bridgehead atoms. The van der Waals surface area contributed by atoms with E-state index in [4.69, 9.17) is 4.74 Å². The van der Waals surface area contributed by atoms with Gasteiger partial charge in [0.05, 0.1) is 6.26 Å². The van der Waals surface area contributed by atoms with Gasteiger partial charge in [-0.3, -0.25) is 0 Å². The average Bonchev–Trinajstić information content (AvgIpc) is 1.81. The van der Waals surface area contributed by atoms with Gasteiger partial charge in [0.2, 0.25) is 0 Å². The molecule has 0 amide bonds. The summed E-state index contributed by atoms with van der Waals surface area (Å²) >= 11 is 0. The lowest BCUT2D eigenvalue weighted by atomic mass is 10.6. The van der Waals surface area contributed by atoms with Crippen LogP contribution in [0.25, 0.3) is 0 Å². The SMILES string of the molecule is C/C=C\CO/C=C/C. The van der Waals surface area contributed by atoms with E-state index in [-0.39, 0.29) is 0 Å². The van der Waals surface area contributed by atoms with Crippen LogP contribution in [-0.4, -0.2) is 6.61 Å². The molecule has 1 nitrogen and oxygen atoms in total. The first-order valence-electron chi connectivity index (χ1n) is 2.75. The van der Waals surface area contributed by atoms with E-state index in [9.17, 15) is 0 Å². The highest BCUT2D eigenvalue weighted by atomic mass is 16.5. The van der Waals surface area contributed by atoms with Gasteiger partial charge in [-0.05, 0) is 13.8 Å². The van der Waals surface area contributed by atoms with Crippen LogP contribution in [0.2, 0.25) is 0 Å². The molecule has 1 heteroatoms. The first-order valence-corrected chi connectivity index (χ1v) is 2.75. The Bertz CT molecular complexity index is 70.4. The Kier molecular flexibility index (Phi) is 5.71. The molecule has 0 saturated heterocycles. The first kappa shape index (κ1) is 7.28. The molecule has 46 valence electrons. The van der Waals surface area contributed by atoms with Crippen molar-refractivity contribution in [1.29, 1.82) is 0 Å². The first-order chi connectivity index (χ1) is 3.91. The molecule has 0 aromatic heterocycles. The number of ether oxygens (including phenoxy) is 1. The molecule has 0 aliphatic rings. The quantitative estimate of drug-likeness (QED) is 0.308. The lowest BCUT2D eigenvalue weighted by Crippen LogP contribution is -1.77. The van der Waals surface area contributed by atoms with Crippen LogP contribution < -0.4 is 0 Å². The second-order valence-corrected chi connectivity index (χ2v) is 1.37. The Morgan fingerprint density at radius 2 is 2.00 bits per heavy atom. The minimum Gasteiger partial charge on any atom is -0.497 e. The summed E-state index contributed by atoms with van der Waals surface area (Å²) in [6, 6.07) is 0. The summed E-state index contributed by atoms with van der Waals surface area (Å²) in [5.41, 5.74) is 0. The average molecular weight is 112 g/mol. The zero-order valence-electron chi connectivity index (χ0n) is 5.42. The smallest absolute Gasteiger partial charge is 0.105 e. The largest absolute Gasteiger partial charge is 0.497 e. The van der Waals surface area contributed by atoms with E-state index in [1.54, 1.807) is 6.26 Å². The van der Waals surface area contributed by atoms with Crippen molar-refractivity contribution in [2.24, 2.45) is 0 Å². The van der Waals surface area contributed by atoms with Crippen molar-refractivity contribution in [3.8, 4) is 0 Å². The summed E-state index contributed by atoms with van der Waals surface area (Å²) in [7, 11) is 0. The van der Waals surface area contributed by atoms with Gasteiger partial charge in [-0.2, -0.15) is 0 Å². The molecular formula is C7H12O. The molecule has 0 aromatic carbocycles. The highest BCUT2D eigenvalue weighted by Crippen LogP contribution is 1.77. The number of rotatable bonds is 3. The van der Waals surface area contributed by atoms with Crippen molar-refractivity contribution < 1.29 is 4.74 Å². The molecule has 0 fully saturated rings. The van der Waals surface area contributed by atoms with E-state index in [0.29, 0.717) is 6.61 Å². The molecule has 0 rings (SSSR count). The maximum absolute atomic E-state index is 4.96. The van der Waals surface area contributed by atoms with Crippen molar-refractivity contribution in [2.45, 2.75) is 13.8 Å². The second-order valence-electron chi connectivity index (χ2n) is 1.37. The summed E-state index contributed by atoms with van der Waals surface area (Å²) in [5.74, 6) is 0. The standard InChI is InChI=1S/C7H12O/c1-3-5-7-8-6-4-2/h3-6H,7H2,1-2H3/b5-3-,6-4+. The number of hydrogen-bond acceptors (Lipinski definition) is 1. The molecule has 0 N–H and O–H groups in total. The Labute approximate surface area is 50.7 Å². The van der Waals surface area contributed by atoms with Crippen LogP contribution in [0.5, 0.6) is 0 Å². The van der Waals surface area contributed by atoms with Gasteiger partial charge in [-0.1, -0.05) is 18.2 Å². The summed E-state index contributed by atoms with van der Waals surface area (Å²) in [6.07, 6.45) is 7.47. The molecular weight excluding hydrogens is 100 g/mol. The minimum atomic E-state index is 0.681. The Morgan fingerprint density at radius 3 is 2.50 bits per heavy atom. The van der Waals surface area contributed by atoms with E-state index in [0.717, 1.165) is 0 Å². The zero-order chi connectivity index (χ0) is 6.24. The van der Waals surface area contributed by atoms with Crippen LogP contribution in [0.15, 0.2) is 24.5 Å². The molecule has 0 aliphatic heterocycles.